The van der Waals surface area contributed by atoms with E-state index >= 15 is 0 Å². The molecule has 3 unspecified atom stereocenters. The van der Waals surface area contributed by atoms with E-state index in [1.165, 1.54) is 19.3 Å². The monoisotopic (exact) mass is 294 g/mol. The molecule has 20 heavy (non-hydrogen) atoms. The first-order valence-corrected chi connectivity index (χ1v) is 7.73. The molecule has 0 aromatic heterocycles. The van der Waals surface area contributed by atoms with Crippen LogP contribution in [0.15, 0.2) is 17.1 Å². The third kappa shape index (κ3) is 4.21. The van der Waals surface area contributed by atoms with Crippen LogP contribution in [0.2, 0.25) is 0 Å². The van der Waals surface area contributed by atoms with Crippen LogP contribution in [0.5, 0.6) is 0 Å². The number of amides is 1. The van der Waals surface area contributed by atoms with Crippen LogP contribution >= 0.6 is 12.2 Å². The van der Waals surface area contributed by atoms with Crippen molar-refractivity contribution in [3.63, 3.8) is 0 Å². The van der Waals surface area contributed by atoms with Gasteiger partial charge in [-0.05, 0) is 24.8 Å². The second kappa shape index (κ2) is 7.64. The molecule has 1 saturated carbocycles. The van der Waals surface area contributed by atoms with Crippen LogP contribution in [-0.4, -0.2) is 36.4 Å². The van der Waals surface area contributed by atoms with E-state index in [4.69, 9.17) is 17.0 Å². The van der Waals surface area contributed by atoms with Gasteiger partial charge < -0.3 is 10.1 Å². The summed E-state index contributed by atoms with van der Waals surface area (Å²) in [6.07, 6.45) is 10.4. The van der Waals surface area contributed by atoms with Crippen molar-refractivity contribution in [2.75, 3.05) is 13.2 Å². The van der Waals surface area contributed by atoms with Gasteiger partial charge in [0.2, 0.25) is 5.91 Å². The van der Waals surface area contributed by atoms with Crippen molar-refractivity contribution in [2.24, 2.45) is 16.8 Å². The lowest BCUT2D eigenvalue weighted by Gasteiger charge is -2.28. The van der Waals surface area contributed by atoms with Gasteiger partial charge in [-0.3, -0.25) is 4.79 Å². The van der Waals surface area contributed by atoms with Crippen LogP contribution in [0.4, 0.5) is 0 Å². The first-order valence-electron chi connectivity index (χ1n) is 7.32. The second-order valence-electron chi connectivity index (χ2n) is 5.44. The number of hydrogen-bond donors (Lipinski definition) is 1. The molecule has 0 saturated heterocycles. The Kier molecular flexibility index (Phi) is 5.86. The van der Waals surface area contributed by atoms with Crippen LogP contribution in [-0.2, 0) is 9.53 Å². The Morgan fingerprint density at radius 1 is 1.50 bits per heavy atom. The van der Waals surface area contributed by atoms with Crippen LogP contribution in [0.3, 0.4) is 0 Å². The van der Waals surface area contributed by atoms with Gasteiger partial charge in [0.25, 0.3) is 0 Å². The van der Waals surface area contributed by atoms with Crippen LogP contribution < -0.4 is 5.32 Å². The molecular formula is C15H22N2O2S. The average Bonchev–Trinajstić information content (AvgIpc) is 2.45. The normalized spacial score (nSPS) is 29.4. The van der Waals surface area contributed by atoms with Crippen molar-refractivity contribution in [2.45, 2.75) is 38.7 Å². The highest BCUT2D eigenvalue weighted by atomic mass is 32.1. The van der Waals surface area contributed by atoms with Gasteiger partial charge in [-0.25, -0.2) is 4.99 Å². The fraction of sp³-hybridized carbons (Fsp3) is 0.667. The lowest BCUT2D eigenvalue weighted by atomic mass is 9.88. The first-order chi connectivity index (χ1) is 9.68. The Morgan fingerprint density at radius 2 is 2.30 bits per heavy atom. The number of carbonyl (C=O) groups excluding carboxylic acids is 1. The molecule has 1 N–H and O–H groups in total. The fourth-order valence-corrected chi connectivity index (χ4v) is 2.91. The van der Waals surface area contributed by atoms with Crippen molar-refractivity contribution in [1.82, 2.24) is 5.32 Å². The van der Waals surface area contributed by atoms with Gasteiger partial charge in [0, 0.05) is 12.8 Å². The smallest absolute Gasteiger partial charge is 0.233 e. The third-order valence-electron chi connectivity index (χ3n) is 3.91. The predicted octanol–water partition coefficient (Wildman–Crippen LogP) is 2.28. The van der Waals surface area contributed by atoms with Crippen molar-refractivity contribution < 1.29 is 9.53 Å². The standard InChI is InChI=1S/C15H22N2O2S/c1-11-5-2-3-7-13(11)19-10-9-16-14(18)12-6-4-8-17-15(12)20/h4,6,8,11-13H,2-3,5,7,9-10H2,1H3,(H,16,18). The molecule has 110 valence electrons. The minimum absolute atomic E-state index is 0.0941. The minimum atomic E-state index is -0.413. The number of thiocarbonyl (C=S) groups is 1. The Labute approximate surface area is 125 Å². The highest BCUT2D eigenvalue weighted by Gasteiger charge is 2.23. The van der Waals surface area contributed by atoms with Crippen LogP contribution in [0.1, 0.15) is 32.6 Å². The summed E-state index contributed by atoms with van der Waals surface area (Å²) in [6, 6.07) is 0. The molecule has 2 aliphatic rings. The number of nitrogens with one attached hydrogen (secondary N) is 1. The van der Waals surface area contributed by atoms with E-state index < -0.39 is 5.92 Å². The highest BCUT2D eigenvalue weighted by molar-refractivity contribution is 7.80. The van der Waals surface area contributed by atoms with E-state index in [2.05, 4.69) is 17.2 Å². The summed E-state index contributed by atoms with van der Waals surface area (Å²) in [7, 11) is 0. The molecule has 1 amide bonds. The minimum Gasteiger partial charge on any atom is -0.376 e. The van der Waals surface area contributed by atoms with Crippen LogP contribution in [0.25, 0.3) is 0 Å². The summed E-state index contributed by atoms with van der Waals surface area (Å²) < 4.78 is 5.86. The van der Waals surface area contributed by atoms with Gasteiger partial charge in [0.15, 0.2) is 0 Å². The second-order valence-corrected chi connectivity index (χ2v) is 5.86. The largest absolute Gasteiger partial charge is 0.376 e. The molecule has 0 bridgehead atoms. The maximum atomic E-state index is 11.9. The number of ether oxygens (including phenoxy) is 1. The van der Waals surface area contributed by atoms with Gasteiger partial charge in [-0.15, -0.1) is 0 Å². The van der Waals surface area contributed by atoms with E-state index in [-0.39, 0.29) is 5.91 Å². The fourth-order valence-electron chi connectivity index (χ4n) is 2.66. The van der Waals surface area contributed by atoms with Crippen LogP contribution in [0, 0.1) is 11.8 Å². The number of nitrogens with zero attached hydrogens (tertiary/aromatic N) is 1. The zero-order valence-electron chi connectivity index (χ0n) is 11.9. The predicted molar refractivity (Wildman–Crippen MR) is 84.1 cm³/mol. The van der Waals surface area contributed by atoms with Crippen molar-refractivity contribution in [1.29, 1.82) is 0 Å². The molecule has 0 aromatic carbocycles. The van der Waals surface area contributed by atoms with E-state index in [9.17, 15) is 4.79 Å². The van der Waals surface area contributed by atoms with E-state index in [1.807, 2.05) is 0 Å². The first kappa shape index (κ1) is 15.3. The summed E-state index contributed by atoms with van der Waals surface area (Å²) in [5.41, 5.74) is 0. The molecule has 5 heteroatoms. The van der Waals surface area contributed by atoms with Gasteiger partial charge in [0.05, 0.1) is 12.7 Å². The lowest BCUT2D eigenvalue weighted by molar-refractivity contribution is -0.122. The molecule has 3 atom stereocenters. The summed E-state index contributed by atoms with van der Waals surface area (Å²) in [5.74, 6) is 0.120. The number of carbonyl (C=O) groups is 1. The lowest BCUT2D eigenvalue weighted by Crippen LogP contribution is -2.37. The summed E-state index contributed by atoms with van der Waals surface area (Å²) in [4.78, 5) is 16.3. The summed E-state index contributed by atoms with van der Waals surface area (Å²) in [5, 5.41) is 2.86. The molecule has 1 heterocycles. The Morgan fingerprint density at radius 3 is 3.05 bits per heavy atom. The van der Waals surface area contributed by atoms with Crippen molar-refractivity contribution in [3.05, 3.63) is 12.2 Å². The Hall–Kier alpha value is -1.07. The zero-order chi connectivity index (χ0) is 14.4. The summed E-state index contributed by atoms with van der Waals surface area (Å²) >= 11 is 5.06. The Balaban J connectivity index is 1.65. The van der Waals surface area contributed by atoms with E-state index in [0.29, 0.717) is 30.2 Å². The SMILES string of the molecule is CC1CCCCC1OCCNC(=O)C1C=CC=NC1=S. The molecule has 1 aliphatic heterocycles. The van der Waals surface area contributed by atoms with Gasteiger partial charge in [-0.1, -0.05) is 38.1 Å². The highest BCUT2D eigenvalue weighted by Crippen LogP contribution is 2.25. The summed E-state index contributed by atoms with van der Waals surface area (Å²) in [6.45, 7) is 3.33. The molecule has 2 rings (SSSR count). The van der Waals surface area contributed by atoms with Gasteiger partial charge >= 0.3 is 0 Å². The van der Waals surface area contributed by atoms with Gasteiger partial charge in [-0.2, -0.15) is 0 Å². The quantitative estimate of drug-likeness (QED) is 0.625. The number of allylic oxidation sites excluding steroid dienone is 1. The van der Waals surface area contributed by atoms with Gasteiger partial charge in [0.1, 0.15) is 10.9 Å². The topological polar surface area (TPSA) is 50.7 Å². The van der Waals surface area contributed by atoms with Crippen molar-refractivity contribution in [3.8, 4) is 0 Å². The van der Waals surface area contributed by atoms with Crippen molar-refractivity contribution >= 4 is 29.3 Å². The average molecular weight is 294 g/mol. The molecular weight excluding hydrogens is 272 g/mol. The number of dihydropyridines is 1. The number of aliphatic imine (C=N–C) groups is 1. The maximum Gasteiger partial charge on any atom is 0.233 e. The number of hydrogen-bond acceptors (Lipinski definition) is 3. The molecule has 1 aliphatic carbocycles. The number of rotatable bonds is 5. The van der Waals surface area contributed by atoms with E-state index in [1.54, 1.807) is 18.4 Å². The Bertz CT molecular complexity index is 420. The van der Waals surface area contributed by atoms with E-state index in [0.717, 1.165) is 6.42 Å². The molecule has 1 fully saturated rings. The zero-order valence-corrected chi connectivity index (χ0v) is 12.7. The maximum absolute atomic E-state index is 11.9. The molecule has 0 aromatic rings. The third-order valence-corrected chi connectivity index (χ3v) is 4.27. The molecule has 0 radical (unpaired) electrons. The molecule has 0 spiro atoms. The molecule has 4 nitrogen and oxygen atoms in total.